The van der Waals surface area contributed by atoms with Crippen LogP contribution in [0.1, 0.15) is 33.6 Å². The average Bonchev–Trinajstić information content (AvgIpc) is 2.27. The van der Waals surface area contributed by atoms with Gasteiger partial charge >= 0.3 is 0 Å². The Morgan fingerprint density at radius 3 is 2.40 bits per heavy atom. The van der Waals surface area contributed by atoms with E-state index in [4.69, 9.17) is 5.73 Å². The first-order valence-electron chi connectivity index (χ1n) is 5.91. The van der Waals surface area contributed by atoms with Crippen molar-refractivity contribution in [2.24, 2.45) is 5.73 Å². The fraction of sp³-hybridized carbons (Fsp3) is 0.909. The molecule has 0 fully saturated rings. The van der Waals surface area contributed by atoms with E-state index >= 15 is 0 Å². The van der Waals surface area contributed by atoms with Gasteiger partial charge in [0.2, 0.25) is 5.91 Å². The van der Waals surface area contributed by atoms with E-state index in [1.54, 1.807) is 0 Å². The molecular weight excluding hydrogens is 190 g/mol. The third kappa shape index (κ3) is 6.47. The monoisotopic (exact) mass is 215 g/mol. The van der Waals surface area contributed by atoms with Crippen LogP contribution in [0, 0.1) is 0 Å². The Balaban J connectivity index is 3.49. The number of nitrogens with zero attached hydrogens (tertiary/aromatic N) is 1. The Morgan fingerprint density at radius 1 is 1.33 bits per heavy atom. The number of amides is 1. The van der Waals surface area contributed by atoms with Crippen molar-refractivity contribution in [1.29, 1.82) is 0 Å². The van der Waals surface area contributed by atoms with Gasteiger partial charge in [0, 0.05) is 6.54 Å². The van der Waals surface area contributed by atoms with Crippen LogP contribution < -0.4 is 11.1 Å². The SMILES string of the molecule is CC[C@@H](N)C(=O)NCCCN(CC)CC. The molecule has 15 heavy (non-hydrogen) atoms. The molecule has 0 aliphatic rings. The second-order valence-corrected chi connectivity index (χ2v) is 3.69. The van der Waals surface area contributed by atoms with Gasteiger partial charge in [-0.3, -0.25) is 4.79 Å². The highest BCUT2D eigenvalue weighted by Gasteiger charge is 2.09. The summed E-state index contributed by atoms with van der Waals surface area (Å²) in [6.45, 7) is 10.1. The van der Waals surface area contributed by atoms with Crippen molar-refractivity contribution in [2.45, 2.75) is 39.7 Å². The third-order valence-corrected chi connectivity index (χ3v) is 2.62. The van der Waals surface area contributed by atoms with E-state index in [0.717, 1.165) is 32.6 Å². The van der Waals surface area contributed by atoms with Gasteiger partial charge in [-0.1, -0.05) is 20.8 Å². The molecule has 0 aromatic carbocycles. The molecule has 0 unspecified atom stereocenters. The molecule has 0 heterocycles. The number of nitrogens with one attached hydrogen (secondary N) is 1. The maximum absolute atomic E-state index is 11.3. The lowest BCUT2D eigenvalue weighted by molar-refractivity contribution is -0.122. The van der Waals surface area contributed by atoms with Crippen LogP contribution in [0.25, 0.3) is 0 Å². The summed E-state index contributed by atoms with van der Waals surface area (Å²) < 4.78 is 0. The van der Waals surface area contributed by atoms with Gasteiger partial charge in [-0.25, -0.2) is 0 Å². The summed E-state index contributed by atoms with van der Waals surface area (Å²) in [5, 5.41) is 2.85. The predicted octanol–water partition coefficient (Wildman–Crippen LogP) is 0.572. The van der Waals surface area contributed by atoms with Crippen LogP contribution in [0.15, 0.2) is 0 Å². The maximum Gasteiger partial charge on any atom is 0.236 e. The van der Waals surface area contributed by atoms with Gasteiger partial charge in [0.1, 0.15) is 0 Å². The first-order valence-corrected chi connectivity index (χ1v) is 5.91. The average molecular weight is 215 g/mol. The largest absolute Gasteiger partial charge is 0.355 e. The summed E-state index contributed by atoms with van der Waals surface area (Å²) in [6, 6.07) is -0.349. The van der Waals surface area contributed by atoms with Crippen LogP contribution in [0.5, 0.6) is 0 Å². The topological polar surface area (TPSA) is 58.4 Å². The molecule has 0 aliphatic heterocycles. The van der Waals surface area contributed by atoms with Crippen molar-refractivity contribution >= 4 is 5.91 Å². The molecular formula is C11H25N3O. The Kier molecular flexibility index (Phi) is 8.33. The number of hydrogen-bond donors (Lipinski definition) is 2. The fourth-order valence-electron chi connectivity index (χ4n) is 1.37. The molecule has 0 aromatic rings. The Bertz CT molecular complexity index is 169. The standard InChI is InChI=1S/C11H25N3O/c1-4-10(12)11(15)13-8-7-9-14(5-2)6-3/h10H,4-9,12H2,1-3H3,(H,13,15)/t10-/m1/s1. The summed E-state index contributed by atoms with van der Waals surface area (Å²) in [5.74, 6) is -0.0305. The first-order chi connectivity index (χ1) is 7.15. The second kappa shape index (κ2) is 8.68. The number of rotatable bonds is 8. The Hall–Kier alpha value is -0.610. The summed E-state index contributed by atoms with van der Waals surface area (Å²) >= 11 is 0. The molecule has 4 nitrogen and oxygen atoms in total. The molecule has 0 aliphatic carbocycles. The highest BCUT2D eigenvalue weighted by molar-refractivity contribution is 5.81. The number of carbonyl (C=O) groups excluding carboxylic acids is 1. The molecule has 0 saturated heterocycles. The lowest BCUT2D eigenvalue weighted by Crippen LogP contribution is -2.41. The van der Waals surface area contributed by atoms with Crippen molar-refractivity contribution in [3.05, 3.63) is 0 Å². The summed E-state index contributed by atoms with van der Waals surface area (Å²) in [7, 11) is 0. The quantitative estimate of drug-likeness (QED) is 0.582. The van der Waals surface area contributed by atoms with Gasteiger partial charge in [-0.2, -0.15) is 0 Å². The third-order valence-electron chi connectivity index (χ3n) is 2.62. The lowest BCUT2D eigenvalue weighted by Gasteiger charge is -2.18. The Labute approximate surface area is 93.2 Å². The Morgan fingerprint density at radius 2 is 1.93 bits per heavy atom. The van der Waals surface area contributed by atoms with Crippen molar-refractivity contribution in [3.8, 4) is 0 Å². The van der Waals surface area contributed by atoms with Crippen LogP contribution >= 0.6 is 0 Å². The van der Waals surface area contributed by atoms with Crippen LogP contribution in [0.4, 0.5) is 0 Å². The van der Waals surface area contributed by atoms with Crippen molar-refractivity contribution in [2.75, 3.05) is 26.2 Å². The molecule has 90 valence electrons. The molecule has 0 rings (SSSR count). The van der Waals surface area contributed by atoms with Crippen molar-refractivity contribution < 1.29 is 4.79 Å². The molecule has 1 amide bonds. The van der Waals surface area contributed by atoms with Gasteiger partial charge in [0.05, 0.1) is 6.04 Å². The van der Waals surface area contributed by atoms with Crippen LogP contribution in [-0.4, -0.2) is 43.0 Å². The van der Waals surface area contributed by atoms with E-state index in [9.17, 15) is 4.79 Å². The van der Waals surface area contributed by atoms with Gasteiger partial charge in [-0.05, 0) is 32.5 Å². The van der Waals surface area contributed by atoms with Crippen LogP contribution in [0.2, 0.25) is 0 Å². The predicted molar refractivity (Wildman–Crippen MR) is 63.7 cm³/mol. The van der Waals surface area contributed by atoms with E-state index in [1.807, 2.05) is 6.92 Å². The summed E-state index contributed by atoms with van der Waals surface area (Å²) in [4.78, 5) is 13.6. The highest BCUT2D eigenvalue weighted by Crippen LogP contribution is 1.90. The van der Waals surface area contributed by atoms with Crippen molar-refractivity contribution in [1.82, 2.24) is 10.2 Å². The molecule has 4 heteroatoms. The molecule has 0 radical (unpaired) electrons. The van der Waals surface area contributed by atoms with E-state index in [1.165, 1.54) is 0 Å². The minimum absolute atomic E-state index is 0.0305. The molecule has 0 aromatic heterocycles. The smallest absolute Gasteiger partial charge is 0.236 e. The molecule has 3 N–H and O–H groups in total. The number of hydrogen-bond acceptors (Lipinski definition) is 3. The van der Waals surface area contributed by atoms with Gasteiger partial charge in [-0.15, -0.1) is 0 Å². The van der Waals surface area contributed by atoms with E-state index in [-0.39, 0.29) is 11.9 Å². The zero-order chi connectivity index (χ0) is 11.7. The minimum Gasteiger partial charge on any atom is -0.355 e. The van der Waals surface area contributed by atoms with Crippen LogP contribution in [-0.2, 0) is 4.79 Å². The van der Waals surface area contributed by atoms with E-state index < -0.39 is 0 Å². The van der Waals surface area contributed by atoms with Gasteiger partial charge in [0.25, 0.3) is 0 Å². The number of nitrogens with two attached hydrogens (primary N) is 1. The number of carbonyl (C=O) groups is 1. The van der Waals surface area contributed by atoms with Crippen molar-refractivity contribution in [3.63, 3.8) is 0 Å². The second-order valence-electron chi connectivity index (χ2n) is 3.69. The first kappa shape index (κ1) is 14.4. The summed E-state index contributed by atoms with van der Waals surface area (Å²) in [5.41, 5.74) is 5.59. The highest BCUT2D eigenvalue weighted by atomic mass is 16.2. The van der Waals surface area contributed by atoms with Gasteiger partial charge < -0.3 is 16.0 Å². The fourth-order valence-corrected chi connectivity index (χ4v) is 1.37. The van der Waals surface area contributed by atoms with Gasteiger partial charge in [0.15, 0.2) is 0 Å². The maximum atomic E-state index is 11.3. The molecule has 0 bridgehead atoms. The zero-order valence-electron chi connectivity index (χ0n) is 10.3. The minimum atomic E-state index is -0.349. The summed E-state index contributed by atoms with van der Waals surface area (Å²) in [6.07, 6.45) is 1.69. The zero-order valence-corrected chi connectivity index (χ0v) is 10.3. The lowest BCUT2D eigenvalue weighted by atomic mass is 10.2. The normalized spacial score (nSPS) is 12.9. The van der Waals surface area contributed by atoms with E-state index in [0.29, 0.717) is 6.42 Å². The molecule has 1 atom stereocenters. The van der Waals surface area contributed by atoms with Crippen LogP contribution in [0.3, 0.4) is 0 Å². The molecule has 0 saturated carbocycles. The molecule has 0 spiro atoms. The van der Waals surface area contributed by atoms with E-state index in [2.05, 4.69) is 24.1 Å².